The summed E-state index contributed by atoms with van der Waals surface area (Å²) in [5, 5.41) is 2.13. The van der Waals surface area contributed by atoms with Crippen molar-refractivity contribution in [3.05, 3.63) is 59.2 Å². The Morgan fingerprint density at radius 2 is 1.70 bits per heavy atom. The summed E-state index contributed by atoms with van der Waals surface area (Å²) in [5.41, 5.74) is 0.0380. The van der Waals surface area contributed by atoms with Crippen molar-refractivity contribution in [2.24, 2.45) is 0 Å². The van der Waals surface area contributed by atoms with Crippen molar-refractivity contribution >= 4 is 27.5 Å². The van der Waals surface area contributed by atoms with Crippen LogP contribution in [0.5, 0.6) is 0 Å². The second kappa shape index (κ2) is 9.77. The zero-order chi connectivity index (χ0) is 22.5. The maximum Gasteiger partial charge on any atom is 0.254 e. The minimum Gasteiger partial charge on any atom is -0.330 e. The van der Waals surface area contributed by atoms with Crippen LogP contribution in [0.25, 0.3) is 0 Å². The fraction of sp³-hybridized carbons (Fsp3) is 0.300. The molecule has 0 fully saturated rings. The molecule has 7 nitrogen and oxygen atoms in total. The van der Waals surface area contributed by atoms with E-state index < -0.39 is 45.7 Å². The first kappa shape index (κ1) is 23.4. The summed E-state index contributed by atoms with van der Waals surface area (Å²) in [7, 11) is -3.77. The molecule has 0 unspecified atom stereocenters. The molecule has 2 amide bonds. The summed E-state index contributed by atoms with van der Waals surface area (Å²) >= 11 is 0. The Bertz CT molecular complexity index is 1040. The van der Waals surface area contributed by atoms with Crippen LogP contribution in [-0.4, -0.2) is 44.8 Å². The molecule has 30 heavy (non-hydrogen) atoms. The molecule has 0 aliphatic rings. The normalized spacial score (nSPS) is 11.2. The molecule has 0 atom stereocenters. The second-order valence-corrected chi connectivity index (χ2v) is 8.21. The molecular formula is C20H23F2N3O4S. The average Bonchev–Trinajstić information content (AvgIpc) is 2.68. The van der Waals surface area contributed by atoms with Gasteiger partial charge in [-0.25, -0.2) is 21.9 Å². The quantitative estimate of drug-likeness (QED) is 0.661. The molecule has 2 rings (SSSR count). The van der Waals surface area contributed by atoms with Gasteiger partial charge in [0.1, 0.15) is 23.9 Å². The number of amides is 2. The van der Waals surface area contributed by atoms with E-state index >= 15 is 0 Å². The number of hydrogen-bond acceptors (Lipinski definition) is 4. The van der Waals surface area contributed by atoms with Gasteiger partial charge >= 0.3 is 0 Å². The summed E-state index contributed by atoms with van der Waals surface area (Å²) in [5.74, 6) is -3.24. The first-order valence-corrected chi connectivity index (χ1v) is 10.7. The Balaban J connectivity index is 2.25. The number of sulfonamides is 1. The Labute approximate surface area is 174 Å². The number of carbonyl (C=O) groups is 2. The number of carbonyl (C=O) groups excluding carboxylic acids is 2. The molecule has 0 heterocycles. The van der Waals surface area contributed by atoms with Crippen molar-refractivity contribution in [1.82, 2.24) is 9.62 Å². The van der Waals surface area contributed by atoms with Crippen molar-refractivity contribution in [3.8, 4) is 0 Å². The highest BCUT2D eigenvalue weighted by Crippen LogP contribution is 2.19. The fourth-order valence-corrected chi connectivity index (χ4v) is 3.81. The van der Waals surface area contributed by atoms with Crippen LogP contribution in [0.1, 0.15) is 29.8 Å². The van der Waals surface area contributed by atoms with Crippen molar-refractivity contribution < 1.29 is 26.8 Å². The van der Waals surface area contributed by atoms with Crippen molar-refractivity contribution in [2.75, 3.05) is 25.0 Å². The van der Waals surface area contributed by atoms with E-state index in [0.717, 1.165) is 17.0 Å². The van der Waals surface area contributed by atoms with E-state index in [-0.39, 0.29) is 23.5 Å². The van der Waals surface area contributed by atoms with Crippen LogP contribution in [0.2, 0.25) is 0 Å². The molecule has 0 saturated heterocycles. The molecular weight excluding hydrogens is 416 g/mol. The number of benzene rings is 2. The molecule has 2 aromatic carbocycles. The largest absolute Gasteiger partial charge is 0.330 e. The van der Waals surface area contributed by atoms with Crippen LogP contribution in [0.4, 0.5) is 14.5 Å². The second-order valence-electron chi connectivity index (χ2n) is 6.44. The van der Waals surface area contributed by atoms with E-state index in [1.165, 1.54) is 24.3 Å². The monoisotopic (exact) mass is 439 g/mol. The number of para-hydroxylation sites is 1. The minimum atomic E-state index is -3.77. The molecule has 2 N–H and O–H groups in total. The Morgan fingerprint density at radius 3 is 2.27 bits per heavy atom. The number of aryl methyl sites for hydroxylation is 1. The highest BCUT2D eigenvalue weighted by atomic mass is 32.2. The standard InChI is InChI=1S/C20H23F2N3O4S/c1-4-23-30(28,29)14-10-9-13(3)15(11-14)20(27)25(5-2)12-18(26)24-19-16(21)7-6-8-17(19)22/h6-11,23H,4-5,12H2,1-3H3,(H,24,26). The van der Waals surface area contributed by atoms with Gasteiger partial charge < -0.3 is 10.2 Å². The molecule has 0 bridgehead atoms. The van der Waals surface area contributed by atoms with Crippen LogP contribution < -0.4 is 10.0 Å². The highest BCUT2D eigenvalue weighted by Gasteiger charge is 2.23. The number of halogens is 2. The van der Waals surface area contributed by atoms with Gasteiger partial charge in [-0.05, 0) is 43.7 Å². The summed E-state index contributed by atoms with van der Waals surface area (Å²) in [4.78, 5) is 26.3. The number of likely N-dealkylation sites (N-methyl/N-ethyl adjacent to an activating group) is 1. The van der Waals surface area contributed by atoms with Crippen LogP contribution in [0, 0.1) is 18.6 Å². The van der Waals surface area contributed by atoms with Crippen molar-refractivity contribution in [3.63, 3.8) is 0 Å². The molecule has 0 saturated carbocycles. The Hall–Kier alpha value is -2.85. The molecule has 0 aliphatic heterocycles. The minimum absolute atomic E-state index is 0.0766. The van der Waals surface area contributed by atoms with Crippen molar-refractivity contribution in [1.29, 1.82) is 0 Å². The third-order valence-electron chi connectivity index (χ3n) is 4.31. The maximum absolute atomic E-state index is 13.7. The molecule has 10 heteroatoms. The zero-order valence-electron chi connectivity index (χ0n) is 16.8. The number of hydrogen-bond donors (Lipinski definition) is 2. The smallest absolute Gasteiger partial charge is 0.254 e. The molecule has 0 radical (unpaired) electrons. The lowest BCUT2D eigenvalue weighted by molar-refractivity contribution is -0.116. The van der Waals surface area contributed by atoms with Gasteiger partial charge in [0.2, 0.25) is 15.9 Å². The lowest BCUT2D eigenvalue weighted by Crippen LogP contribution is -2.38. The topological polar surface area (TPSA) is 95.6 Å². The van der Waals surface area contributed by atoms with Gasteiger partial charge in [-0.15, -0.1) is 0 Å². The van der Waals surface area contributed by atoms with Crippen LogP contribution in [-0.2, 0) is 14.8 Å². The summed E-state index contributed by atoms with van der Waals surface area (Å²) in [6.45, 7) is 4.74. The van der Waals surface area contributed by atoms with E-state index in [2.05, 4.69) is 10.0 Å². The molecule has 162 valence electrons. The lowest BCUT2D eigenvalue weighted by Gasteiger charge is -2.22. The summed E-state index contributed by atoms with van der Waals surface area (Å²) < 4.78 is 54.3. The lowest BCUT2D eigenvalue weighted by atomic mass is 10.1. The number of nitrogens with one attached hydrogen (secondary N) is 2. The third-order valence-corrected chi connectivity index (χ3v) is 5.86. The van der Waals surface area contributed by atoms with Crippen LogP contribution in [0.15, 0.2) is 41.3 Å². The molecule has 0 aromatic heterocycles. The van der Waals surface area contributed by atoms with Crippen molar-refractivity contribution in [2.45, 2.75) is 25.7 Å². The van der Waals surface area contributed by atoms with Gasteiger partial charge in [-0.2, -0.15) is 0 Å². The predicted molar refractivity (Wildman–Crippen MR) is 109 cm³/mol. The molecule has 0 spiro atoms. The van der Waals surface area contributed by atoms with Crippen LogP contribution in [0.3, 0.4) is 0 Å². The summed E-state index contributed by atoms with van der Waals surface area (Å²) in [6, 6.07) is 7.29. The Kier molecular flexibility index (Phi) is 7.63. The van der Waals surface area contributed by atoms with Gasteiger partial charge in [0.25, 0.3) is 5.91 Å². The predicted octanol–water partition coefficient (Wildman–Crippen LogP) is 2.67. The van der Waals surface area contributed by atoms with E-state index in [4.69, 9.17) is 0 Å². The number of rotatable bonds is 8. The number of anilines is 1. The SMILES string of the molecule is CCNS(=O)(=O)c1ccc(C)c(C(=O)N(CC)CC(=O)Nc2c(F)cccc2F)c1. The summed E-state index contributed by atoms with van der Waals surface area (Å²) in [6.07, 6.45) is 0. The van der Waals surface area contributed by atoms with Crippen LogP contribution >= 0.6 is 0 Å². The van der Waals surface area contributed by atoms with Gasteiger partial charge in [0.15, 0.2) is 0 Å². The number of nitrogens with zero attached hydrogens (tertiary/aromatic N) is 1. The third kappa shape index (κ3) is 5.39. The van der Waals surface area contributed by atoms with Gasteiger partial charge in [0.05, 0.1) is 4.90 Å². The molecule has 2 aromatic rings. The highest BCUT2D eigenvalue weighted by molar-refractivity contribution is 7.89. The zero-order valence-corrected chi connectivity index (χ0v) is 17.6. The fourth-order valence-electron chi connectivity index (χ4n) is 2.74. The van der Waals surface area contributed by atoms with Gasteiger partial charge in [-0.3, -0.25) is 9.59 Å². The first-order chi connectivity index (χ1) is 14.1. The molecule has 0 aliphatic carbocycles. The van der Waals surface area contributed by atoms with E-state index in [1.807, 2.05) is 0 Å². The maximum atomic E-state index is 13.7. The Morgan fingerprint density at radius 1 is 1.07 bits per heavy atom. The van der Waals surface area contributed by atoms with E-state index in [1.54, 1.807) is 20.8 Å². The van der Waals surface area contributed by atoms with E-state index in [0.29, 0.717) is 5.56 Å². The van der Waals surface area contributed by atoms with Gasteiger partial charge in [0, 0.05) is 18.7 Å². The van der Waals surface area contributed by atoms with Gasteiger partial charge in [-0.1, -0.05) is 19.1 Å². The average molecular weight is 439 g/mol. The first-order valence-electron chi connectivity index (χ1n) is 9.24. The van der Waals surface area contributed by atoms with E-state index in [9.17, 15) is 26.8 Å².